The van der Waals surface area contributed by atoms with Crippen LogP contribution in [0.2, 0.25) is 0 Å². The molecule has 114 valence electrons. The lowest BCUT2D eigenvalue weighted by Gasteiger charge is -2.32. The molecule has 0 spiro atoms. The fourth-order valence-corrected chi connectivity index (χ4v) is 2.59. The molecule has 5 heteroatoms. The number of hydrogen-bond donors (Lipinski definition) is 0. The van der Waals surface area contributed by atoms with Crippen LogP contribution in [0.1, 0.15) is 45.1 Å². The van der Waals surface area contributed by atoms with Gasteiger partial charge < -0.3 is 9.80 Å². The average Bonchev–Trinajstić information content (AvgIpc) is 2.38. The number of anilines is 1. The van der Waals surface area contributed by atoms with Crippen molar-refractivity contribution in [3.05, 3.63) is 17.7 Å². The van der Waals surface area contributed by atoms with E-state index in [-0.39, 0.29) is 0 Å². The predicted octanol–water partition coefficient (Wildman–Crippen LogP) is 3.12. The normalized spacial score (nSPS) is 13.1. The minimum Gasteiger partial charge on any atom is -0.365 e. The zero-order valence-electron chi connectivity index (χ0n) is 13.5. The summed E-state index contributed by atoms with van der Waals surface area (Å²) in [4.78, 5) is 13.6. The van der Waals surface area contributed by atoms with E-state index >= 15 is 0 Å². The molecule has 0 aliphatic heterocycles. The summed E-state index contributed by atoms with van der Waals surface area (Å²) < 4.78 is 0. The van der Waals surface area contributed by atoms with Crippen LogP contribution in [0.4, 0.5) is 5.69 Å². The predicted molar refractivity (Wildman–Crippen MR) is 86.7 cm³/mol. The summed E-state index contributed by atoms with van der Waals surface area (Å²) in [6, 6.07) is 0.394. The summed E-state index contributed by atoms with van der Waals surface area (Å²) in [5, 5.41) is 0. The number of rotatable bonds is 7. The van der Waals surface area contributed by atoms with Crippen LogP contribution in [0.3, 0.4) is 0 Å². The van der Waals surface area contributed by atoms with E-state index in [9.17, 15) is 0 Å². The van der Waals surface area contributed by atoms with E-state index in [0.717, 1.165) is 30.3 Å². The molecule has 1 unspecified atom stereocenters. The first kappa shape index (κ1) is 17.2. The molecule has 1 rings (SSSR count). The van der Waals surface area contributed by atoms with Crippen LogP contribution < -0.4 is 4.90 Å². The highest BCUT2D eigenvalue weighted by molar-refractivity contribution is 6.17. The standard InChI is InChI=1S/C15H27ClN4/c1-7-20(12(4)10-19(5)6)14-9-17-15(11(2)3)18-13(14)8-16/h9,11-12H,7-8,10H2,1-6H3. The molecule has 1 aromatic rings. The number of nitrogens with zero attached hydrogens (tertiary/aromatic N) is 4. The third-order valence-corrected chi connectivity index (χ3v) is 3.57. The van der Waals surface area contributed by atoms with Crippen LogP contribution in [-0.2, 0) is 5.88 Å². The molecule has 0 bridgehead atoms. The minimum atomic E-state index is 0.320. The highest BCUT2D eigenvalue weighted by Gasteiger charge is 2.19. The van der Waals surface area contributed by atoms with Crippen molar-refractivity contribution < 1.29 is 0 Å². The Morgan fingerprint density at radius 2 is 1.90 bits per heavy atom. The first-order valence-corrected chi connectivity index (χ1v) is 7.77. The Morgan fingerprint density at radius 3 is 2.35 bits per heavy atom. The summed E-state index contributed by atoms with van der Waals surface area (Å²) in [6.45, 7) is 10.5. The third-order valence-electron chi connectivity index (χ3n) is 3.32. The van der Waals surface area contributed by atoms with E-state index in [1.807, 2.05) is 6.20 Å². The maximum atomic E-state index is 6.09. The molecule has 1 atom stereocenters. The first-order chi connectivity index (χ1) is 9.40. The van der Waals surface area contributed by atoms with Gasteiger partial charge in [-0.1, -0.05) is 13.8 Å². The van der Waals surface area contributed by atoms with Crippen molar-refractivity contribution in [2.75, 3.05) is 32.1 Å². The summed E-state index contributed by atoms with van der Waals surface area (Å²) in [5.74, 6) is 1.60. The largest absolute Gasteiger partial charge is 0.365 e. The molecule has 0 N–H and O–H groups in total. The number of halogens is 1. The third kappa shape index (κ3) is 4.32. The van der Waals surface area contributed by atoms with Gasteiger partial charge in [0.15, 0.2) is 0 Å². The monoisotopic (exact) mass is 298 g/mol. The topological polar surface area (TPSA) is 32.3 Å². The minimum absolute atomic E-state index is 0.320. The Labute approximate surface area is 128 Å². The van der Waals surface area contributed by atoms with E-state index in [1.54, 1.807) is 0 Å². The summed E-state index contributed by atoms with van der Waals surface area (Å²) in [6.07, 6.45) is 1.93. The Bertz CT molecular complexity index is 420. The summed E-state index contributed by atoms with van der Waals surface area (Å²) in [5.41, 5.74) is 1.99. The highest BCUT2D eigenvalue weighted by Crippen LogP contribution is 2.23. The fourth-order valence-electron chi connectivity index (χ4n) is 2.39. The van der Waals surface area contributed by atoms with E-state index in [0.29, 0.717) is 17.8 Å². The lowest BCUT2D eigenvalue weighted by atomic mass is 10.2. The molecule has 0 aliphatic carbocycles. The van der Waals surface area contributed by atoms with Crippen LogP contribution in [-0.4, -0.2) is 48.1 Å². The summed E-state index contributed by atoms with van der Waals surface area (Å²) >= 11 is 6.09. The van der Waals surface area contributed by atoms with Crippen molar-refractivity contribution in [3.63, 3.8) is 0 Å². The van der Waals surface area contributed by atoms with Crippen molar-refractivity contribution in [3.8, 4) is 0 Å². The van der Waals surface area contributed by atoms with Gasteiger partial charge in [0.05, 0.1) is 23.5 Å². The molecule has 0 saturated carbocycles. The lowest BCUT2D eigenvalue weighted by molar-refractivity contribution is 0.372. The Balaban J connectivity index is 3.08. The van der Waals surface area contributed by atoms with Crippen LogP contribution in [0.25, 0.3) is 0 Å². The van der Waals surface area contributed by atoms with Gasteiger partial charge in [-0.2, -0.15) is 0 Å². The molecule has 0 saturated heterocycles. The average molecular weight is 299 g/mol. The molecule has 1 heterocycles. The molecule has 4 nitrogen and oxygen atoms in total. The zero-order valence-corrected chi connectivity index (χ0v) is 14.3. The maximum Gasteiger partial charge on any atom is 0.131 e. The molecule has 0 aliphatic rings. The maximum absolute atomic E-state index is 6.09. The van der Waals surface area contributed by atoms with Gasteiger partial charge in [-0.15, -0.1) is 11.6 Å². The van der Waals surface area contributed by atoms with E-state index in [1.165, 1.54) is 0 Å². The van der Waals surface area contributed by atoms with Gasteiger partial charge in [-0.3, -0.25) is 0 Å². The van der Waals surface area contributed by atoms with Crippen LogP contribution in [0.15, 0.2) is 6.20 Å². The lowest BCUT2D eigenvalue weighted by Crippen LogP contribution is -2.40. The van der Waals surface area contributed by atoms with E-state index in [4.69, 9.17) is 11.6 Å². The number of likely N-dealkylation sites (N-methyl/N-ethyl adjacent to an activating group) is 2. The van der Waals surface area contributed by atoms with Gasteiger partial charge in [-0.25, -0.2) is 9.97 Å². The Kier molecular flexibility index (Phi) is 6.69. The Morgan fingerprint density at radius 1 is 1.25 bits per heavy atom. The first-order valence-electron chi connectivity index (χ1n) is 7.23. The molecular formula is C15H27ClN4. The van der Waals surface area contributed by atoms with E-state index in [2.05, 4.69) is 61.6 Å². The second kappa shape index (κ2) is 7.79. The molecule has 20 heavy (non-hydrogen) atoms. The van der Waals surface area contributed by atoms with Gasteiger partial charge in [0.2, 0.25) is 0 Å². The second-order valence-electron chi connectivity index (χ2n) is 5.75. The number of alkyl halides is 1. The SMILES string of the molecule is CCN(c1cnc(C(C)C)nc1CCl)C(C)CN(C)C. The molecule has 0 amide bonds. The number of aromatic nitrogens is 2. The van der Waals surface area contributed by atoms with Gasteiger partial charge in [0.1, 0.15) is 5.82 Å². The van der Waals surface area contributed by atoms with Gasteiger partial charge in [-0.05, 0) is 27.9 Å². The fraction of sp³-hybridized carbons (Fsp3) is 0.733. The molecule has 1 aromatic heterocycles. The van der Waals surface area contributed by atoms with Gasteiger partial charge in [0, 0.05) is 25.0 Å². The van der Waals surface area contributed by atoms with Crippen molar-refractivity contribution in [2.45, 2.75) is 45.5 Å². The van der Waals surface area contributed by atoms with Crippen LogP contribution in [0, 0.1) is 0 Å². The van der Waals surface area contributed by atoms with Gasteiger partial charge >= 0.3 is 0 Å². The molecule has 0 aromatic carbocycles. The second-order valence-corrected chi connectivity index (χ2v) is 6.01. The molecular weight excluding hydrogens is 272 g/mol. The smallest absolute Gasteiger partial charge is 0.131 e. The van der Waals surface area contributed by atoms with Crippen LogP contribution in [0.5, 0.6) is 0 Å². The van der Waals surface area contributed by atoms with Crippen LogP contribution >= 0.6 is 11.6 Å². The quantitative estimate of drug-likeness (QED) is 0.724. The molecule has 0 radical (unpaired) electrons. The summed E-state index contributed by atoms with van der Waals surface area (Å²) in [7, 11) is 4.18. The van der Waals surface area contributed by atoms with Crippen molar-refractivity contribution >= 4 is 17.3 Å². The van der Waals surface area contributed by atoms with Crippen molar-refractivity contribution in [2.24, 2.45) is 0 Å². The van der Waals surface area contributed by atoms with Gasteiger partial charge in [0.25, 0.3) is 0 Å². The van der Waals surface area contributed by atoms with Crippen molar-refractivity contribution in [1.29, 1.82) is 0 Å². The molecule has 0 fully saturated rings. The highest BCUT2D eigenvalue weighted by atomic mass is 35.5. The zero-order chi connectivity index (χ0) is 15.3. The van der Waals surface area contributed by atoms with E-state index < -0.39 is 0 Å². The Hall–Kier alpha value is -0.870. The van der Waals surface area contributed by atoms with Crippen molar-refractivity contribution in [1.82, 2.24) is 14.9 Å². The number of hydrogen-bond acceptors (Lipinski definition) is 4.